The average molecular weight is 391 g/mol. The first kappa shape index (κ1) is 17.1. The molecule has 1 aliphatic heterocycles. The Bertz CT molecular complexity index is 828. The Labute approximate surface area is 161 Å². The van der Waals surface area contributed by atoms with Crippen molar-refractivity contribution in [2.24, 2.45) is 4.99 Å². The number of amidine groups is 1. The van der Waals surface area contributed by atoms with Gasteiger partial charge in [-0.05, 0) is 55.5 Å². The summed E-state index contributed by atoms with van der Waals surface area (Å²) >= 11 is 9.35. The van der Waals surface area contributed by atoms with Crippen LogP contribution in [0.15, 0.2) is 34.6 Å². The highest BCUT2D eigenvalue weighted by atomic mass is 35.5. The van der Waals surface area contributed by atoms with Crippen molar-refractivity contribution in [3.8, 4) is 0 Å². The number of hydrogen-bond donors (Lipinski definition) is 0. The Kier molecular flexibility index (Phi) is 4.89. The lowest BCUT2D eigenvalue weighted by atomic mass is 9.95. The molecule has 1 aromatic heterocycles. The second kappa shape index (κ2) is 7.14. The second-order valence-electron chi connectivity index (χ2n) is 6.47. The predicted molar refractivity (Wildman–Crippen MR) is 108 cm³/mol. The van der Waals surface area contributed by atoms with E-state index in [1.165, 1.54) is 23.3 Å². The Hall–Kier alpha value is -1.30. The van der Waals surface area contributed by atoms with Crippen LogP contribution in [0.2, 0.25) is 5.02 Å². The molecule has 6 heteroatoms. The topological polar surface area (TPSA) is 32.7 Å². The number of amides is 1. The van der Waals surface area contributed by atoms with E-state index < -0.39 is 0 Å². The smallest absolute Gasteiger partial charge is 0.261 e. The van der Waals surface area contributed by atoms with Gasteiger partial charge in [0.05, 0.1) is 11.3 Å². The van der Waals surface area contributed by atoms with Gasteiger partial charge in [0, 0.05) is 27.1 Å². The van der Waals surface area contributed by atoms with Crippen LogP contribution in [0.4, 0.5) is 5.69 Å². The average Bonchev–Trinajstić information content (AvgIpc) is 3.20. The Morgan fingerprint density at radius 3 is 2.80 bits per heavy atom. The molecule has 0 spiro atoms. The molecule has 3 nitrogen and oxygen atoms in total. The second-order valence-corrected chi connectivity index (χ2v) is 9.28. The fourth-order valence-corrected chi connectivity index (χ4v) is 5.59. The molecule has 4 rings (SSSR count). The van der Waals surface area contributed by atoms with Gasteiger partial charge in [0.1, 0.15) is 0 Å². The third kappa shape index (κ3) is 3.50. The highest BCUT2D eigenvalue weighted by molar-refractivity contribution is 8.14. The molecule has 1 amide bonds. The summed E-state index contributed by atoms with van der Waals surface area (Å²) in [5, 5.41) is 3.88. The summed E-state index contributed by atoms with van der Waals surface area (Å²) in [6, 6.07) is 7.42. The van der Waals surface area contributed by atoms with Crippen molar-refractivity contribution in [2.75, 3.05) is 6.54 Å². The molecular weight excluding hydrogens is 372 g/mol. The molecule has 0 saturated carbocycles. The van der Waals surface area contributed by atoms with Crippen LogP contribution in [0.5, 0.6) is 0 Å². The van der Waals surface area contributed by atoms with Gasteiger partial charge in [-0.25, -0.2) is 4.99 Å². The lowest BCUT2D eigenvalue weighted by Gasteiger charge is -2.18. The molecular formula is C19H19ClN2OS2. The molecule has 1 aliphatic carbocycles. The standard InChI is InChI=1S/C19H19ClN2OS2/c1-12-10-22(19(25-12)21-14-8-6-13(20)7-9-14)18(23)16-11-24-17-5-3-2-4-15(16)17/h6-9,11-12H,2-5,10H2,1H3. The zero-order valence-electron chi connectivity index (χ0n) is 14.0. The third-order valence-electron chi connectivity index (χ3n) is 4.57. The minimum absolute atomic E-state index is 0.101. The number of carbonyl (C=O) groups is 1. The van der Waals surface area contributed by atoms with E-state index in [1.807, 2.05) is 34.5 Å². The predicted octanol–water partition coefficient (Wildman–Crippen LogP) is 5.55. The van der Waals surface area contributed by atoms with Gasteiger partial charge in [0.15, 0.2) is 5.17 Å². The van der Waals surface area contributed by atoms with E-state index in [0.717, 1.165) is 29.3 Å². The molecule has 1 unspecified atom stereocenters. The van der Waals surface area contributed by atoms with Crippen molar-refractivity contribution in [1.29, 1.82) is 0 Å². The first-order valence-corrected chi connectivity index (χ1v) is 10.7. The van der Waals surface area contributed by atoms with Gasteiger partial charge in [0.25, 0.3) is 5.91 Å². The number of nitrogens with zero attached hydrogens (tertiary/aromatic N) is 2. The number of hydrogen-bond acceptors (Lipinski definition) is 4. The molecule has 130 valence electrons. The van der Waals surface area contributed by atoms with Gasteiger partial charge in [-0.1, -0.05) is 30.3 Å². The zero-order chi connectivity index (χ0) is 17.4. The van der Waals surface area contributed by atoms with Crippen molar-refractivity contribution < 1.29 is 4.79 Å². The van der Waals surface area contributed by atoms with Crippen molar-refractivity contribution in [3.63, 3.8) is 0 Å². The Morgan fingerprint density at radius 1 is 1.24 bits per heavy atom. The molecule has 2 heterocycles. The summed E-state index contributed by atoms with van der Waals surface area (Å²) in [7, 11) is 0. The monoisotopic (exact) mass is 390 g/mol. The molecule has 1 fully saturated rings. The lowest BCUT2D eigenvalue weighted by Crippen LogP contribution is -2.33. The van der Waals surface area contributed by atoms with Crippen LogP contribution in [0, 0.1) is 0 Å². The molecule has 2 aliphatic rings. The zero-order valence-corrected chi connectivity index (χ0v) is 16.4. The van der Waals surface area contributed by atoms with Crippen LogP contribution >= 0.6 is 34.7 Å². The largest absolute Gasteiger partial charge is 0.286 e. The number of thiophene rings is 1. The van der Waals surface area contributed by atoms with Crippen molar-refractivity contribution in [1.82, 2.24) is 4.90 Å². The maximum absolute atomic E-state index is 13.2. The van der Waals surface area contributed by atoms with Crippen molar-refractivity contribution in [3.05, 3.63) is 50.7 Å². The van der Waals surface area contributed by atoms with Gasteiger partial charge >= 0.3 is 0 Å². The van der Waals surface area contributed by atoms with E-state index in [-0.39, 0.29) is 5.91 Å². The number of aryl methyl sites for hydroxylation is 1. The molecule has 1 aromatic carbocycles. The number of benzene rings is 1. The fraction of sp³-hybridized carbons (Fsp3) is 0.368. The number of fused-ring (bicyclic) bond motifs is 1. The first-order chi connectivity index (χ1) is 12.1. The number of halogens is 1. The van der Waals surface area contributed by atoms with Crippen molar-refractivity contribution >= 4 is 51.5 Å². The van der Waals surface area contributed by atoms with E-state index in [4.69, 9.17) is 16.6 Å². The maximum Gasteiger partial charge on any atom is 0.261 e. The summed E-state index contributed by atoms with van der Waals surface area (Å²) in [6.07, 6.45) is 4.56. The Balaban J connectivity index is 1.64. The first-order valence-electron chi connectivity index (χ1n) is 8.54. The minimum atomic E-state index is 0.101. The Morgan fingerprint density at radius 2 is 2.00 bits per heavy atom. The van der Waals surface area contributed by atoms with Crippen LogP contribution in [-0.4, -0.2) is 27.8 Å². The number of carbonyl (C=O) groups excluding carboxylic acids is 1. The fourth-order valence-electron chi connectivity index (χ4n) is 3.32. The molecule has 1 saturated heterocycles. The highest BCUT2D eigenvalue weighted by Gasteiger charge is 2.33. The van der Waals surface area contributed by atoms with Gasteiger partial charge in [-0.3, -0.25) is 9.69 Å². The van der Waals surface area contributed by atoms with Gasteiger partial charge < -0.3 is 0 Å². The van der Waals surface area contributed by atoms with Crippen LogP contribution in [-0.2, 0) is 12.8 Å². The van der Waals surface area contributed by atoms with E-state index >= 15 is 0 Å². The number of thioether (sulfide) groups is 1. The maximum atomic E-state index is 13.2. The summed E-state index contributed by atoms with van der Waals surface area (Å²) in [4.78, 5) is 21.1. The third-order valence-corrected chi connectivity index (χ3v) is 6.98. The molecule has 0 N–H and O–H groups in total. The molecule has 0 radical (unpaired) electrons. The summed E-state index contributed by atoms with van der Waals surface area (Å²) in [6.45, 7) is 2.85. The number of rotatable bonds is 2. The van der Waals surface area contributed by atoms with Gasteiger partial charge in [-0.2, -0.15) is 0 Å². The summed E-state index contributed by atoms with van der Waals surface area (Å²) in [5.41, 5.74) is 2.99. The van der Waals surface area contributed by atoms with Crippen LogP contribution in [0.3, 0.4) is 0 Å². The van der Waals surface area contributed by atoms with E-state index in [2.05, 4.69) is 6.92 Å². The normalized spacial score (nSPS) is 21.6. The van der Waals surface area contributed by atoms with Crippen LogP contribution in [0.25, 0.3) is 0 Å². The molecule has 0 bridgehead atoms. The van der Waals surface area contributed by atoms with Crippen molar-refractivity contribution in [2.45, 2.75) is 37.9 Å². The van der Waals surface area contributed by atoms with Crippen LogP contribution in [0.1, 0.15) is 40.6 Å². The minimum Gasteiger partial charge on any atom is -0.286 e. The van der Waals surface area contributed by atoms with Gasteiger partial charge in [0.2, 0.25) is 0 Å². The molecule has 2 aromatic rings. The number of aliphatic imine (C=N–C) groups is 1. The lowest BCUT2D eigenvalue weighted by molar-refractivity contribution is 0.0854. The SMILES string of the molecule is CC1CN(C(=O)c2csc3c2CCCC3)C(=Nc2ccc(Cl)cc2)S1. The van der Waals surface area contributed by atoms with E-state index in [1.54, 1.807) is 23.1 Å². The quantitative estimate of drug-likeness (QED) is 0.673. The highest BCUT2D eigenvalue weighted by Crippen LogP contribution is 2.34. The molecule has 1 atom stereocenters. The van der Waals surface area contributed by atoms with E-state index in [0.29, 0.717) is 16.8 Å². The van der Waals surface area contributed by atoms with E-state index in [9.17, 15) is 4.79 Å². The van der Waals surface area contributed by atoms with Crippen LogP contribution < -0.4 is 0 Å². The summed E-state index contributed by atoms with van der Waals surface area (Å²) in [5.74, 6) is 0.101. The summed E-state index contributed by atoms with van der Waals surface area (Å²) < 4.78 is 0. The molecule has 25 heavy (non-hydrogen) atoms. The van der Waals surface area contributed by atoms with Gasteiger partial charge in [-0.15, -0.1) is 11.3 Å².